The summed E-state index contributed by atoms with van der Waals surface area (Å²) in [6.07, 6.45) is 3.58. The molecule has 2 fully saturated rings. The molecular weight excluding hydrogens is 295 g/mol. The molecule has 0 aliphatic carbocycles. The molecule has 0 spiro atoms. The maximum Gasteiger partial charge on any atom is 0.222 e. The second-order valence-corrected chi connectivity index (χ2v) is 7.14. The van der Waals surface area contributed by atoms with Crippen LogP contribution in [0.4, 0.5) is 4.39 Å². The number of aliphatic imine (C=N–C) groups is 1. The minimum Gasteiger partial charge on any atom is -0.337 e. The Hall–Kier alpha value is -1.23. The maximum atomic E-state index is 14.4. The van der Waals surface area contributed by atoms with Crippen molar-refractivity contribution in [3.8, 4) is 0 Å². The van der Waals surface area contributed by atoms with E-state index in [2.05, 4.69) is 29.6 Å². The van der Waals surface area contributed by atoms with E-state index in [9.17, 15) is 9.18 Å². The molecule has 2 N–H and O–H groups in total. The molecule has 0 saturated carbocycles. The van der Waals surface area contributed by atoms with E-state index in [0.29, 0.717) is 32.0 Å². The Morgan fingerprint density at radius 3 is 3.00 bits per heavy atom. The maximum absolute atomic E-state index is 14.4. The van der Waals surface area contributed by atoms with E-state index in [0.717, 1.165) is 19.3 Å². The summed E-state index contributed by atoms with van der Waals surface area (Å²) in [5, 5.41) is 0. The van der Waals surface area contributed by atoms with Crippen LogP contribution in [0, 0.1) is 5.92 Å². The van der Waals surface area contributed by atoms with E-state index < -0.39 is 6.04 Å². The molecular formula is C17H27FN4O. The smallest absolute Gasteiger partial charge is 0.222 e. The highest BCUT2D eigenvalue weighted by atomic mass is 19.1. The molecule has 0 radical (unpaired) electrons. The number of piperazine rings is 1. The number of carbonyl (C=O) groups excluding carboxylic acids is 1. The third-order valence-electron chi connectivity index (χ3n) is 5.59. The van der Waals surface area contributed by atoms with Gasteiger partial charge in [0.05, 0.1) is 18.1 Å². The Morgan fingerprint density at radius 2 is 2.26 bits per heavy atom. The molecule has 0 aromatic heterocycles. The zero-order valence-electron chi connectivity index (χ0n) is 14.0. The fourth-order valence-electron chi connectivity index (χ4n) is 4.32. The SMILES string of the molecule is CCCC(C)C1N=C=C(F)C(N2CCN3C(=O)CCC3C2)C1N. The van der Waals surface area contributed by atoms with Crippen molar-refractivity contribution in [3.63, 3.8) is 0 Å². The van der Waals surface area contributed by atoms with Gasteiger partial charge in [-0.1, -0.05) is 20.3 Å². The van der Waals surface area contributed by atoms with Crippen molar-refractivity contribution in [2.75, 3.05) is 19.6 Å². The Balaban J connectivity index is 1.74. The van der Waals surface area contributed by atoms with Crippen molar-refractivity contribution in [1.82, 2.24) is 9.80 Å². The average molecular weight is 322 g/mol. The fraction of sp³-hybridized carbons (Fsp3) is 0.824. The molecule has 6 heteroatoms. The van der Waals surface area contributed by atoms with Crippen LogP contribution in [0.5, 0.6) is 0 Å². The summed E-state index contributed by atoms with van der Waals surface area (Å²) in [6.45, 7) is 6.32. The summed E-state index contributed by atoms with van der Waals surface area (Å²) in [6, 6.07) is -0.666. The molecule has 0 aromatic carbocycles. The van der Waals surface area contributed by atoms with E-state index in [1.807, 2.05) is 4.90 Å². The molecule has 5 atom stereocenters. The summed E-state index contributed by atoms with van der Waals surface area (Å²) >= 11 is 0. The van der Waals surface area contributed by atoms with E-state index >= 15 is 0 Å². The highest BCUT2D eigenvalue weighted by molar-refractivity contribution is 5.79. The van der Waals surface area contributed by atoms with Crippen LogP contribution in [0.1, 0.15) is 39.5 Å². The van der Waals surface area contributed by atoms with Crippen molar-refractivity contribution in [2.24, 2.45) is 16.6 Å². The highest BCUT2D eigenvalue weighted by Crippen LogP contribution is 2.30. The van der Waals surface area contributed by atoms with Gasteiger partial charge in [0.1, 0.15) is 0 Å². The van der Waals surface area contributed by atoms with Gasteiger partial charge in [-0.2, -0.15) is 4.39 Å². The Morgan fingerprint density at radius 1 is 1.48 bits per heavy atom. The second kappa shape index (κ2) is 6.71. The van der Waals surface area contributed by atoms with Gasteiger partial charge >= 0.3 is 0 Å². The number of amides is 1. The molecule has 3 heterocycles. The zero-order chi connectivity index (χ0) is 16.6. The van der Waals surface area contributed by atoms with Gasteiger partial charge in [-0.3, -0.25) is 9.69 Å². The molecule has 23 heavy (non-hydrogen) atoms. The lowest BCUT2D eigenvalue weighted by atomic mass is 9.85. The number of rotatable bonds is 4. The van der Waals surface area contributed by atoms with Crippen LogP contribution in [0.15, 0.2) is 10.8 Å². The van der Waals surface area contributed by atoms with Gasteiger partial charge in [0.2, 0.25) is 5.91 Å². The van der Waals surface area contributed by atoms with E-state index in [4.69, 9.17) is 5.73 Å². The predicted molar refractivity (Wildman–Crippen MR) is 88.0 cm³/mol. The Labute approximate surface area is 137 Å². The van der Waals surface area contributed by atoms with Crippen LogP contribution in [0.25, 0.3) is 0 Å². The molecule has 3 rings (SSSR count). The quantitative estimate of drug-likeness (QED) is 0.849. The first-order valence-electron chi connectivity index (χ1n) is 8.80. The van der Waals surface area contributed by atoms with Crippen LogP contribution in [0.2, 0.25) is 0 Å². The molecule has 3 aliphatic heterocycles. The van der Waals surface area contributed by atoms with Crippen molar-refractivity contribution >= 4 is 11.8 Å². The average Bonchev–Trinajstić information content (AvgIpc) is 2.88. The standard InChI is InChI=1S/C17H27FN4O/c1-3-4-11(2)16-15(19)17(13(18)9-20-16)21-7-8-22-12(10-21)5-6-14(22)23/h11-12,15-17H,3-8,10,19H2,1-2H3. The Kier molecular flexibility index (Phi) is 4.85. The van der Waals surface area contributed by atoms with Crippen LogP contribution in [-0.4, -0.2) is 65.4 Å². The fourth-order valence-corrected chi connectivity index (χ4v) is 4.32. The number of nitrogens with zero attached hydrogens (tertiary/aromatic N) is 3. The monoisotopic (exact) mass is 322 g/mol. The summed E-state index contributed by atoms with van der Waals surface area (Å²) in [7, 11) is 0. The first kappa shape index (κ1) is 16.6. The molecule has 0 aromatic rings. The minimum atomic E-state index is -0.449. The first-order chi connectivity index (χ1) is 11.0. The zero-order valence-corrected chi connectivity index (χ0v) is 14.0. The number of fused-ring (bicyclic) bond motifs is 1. The summed E-state index contributed by atoms with van der Waals surface area (Å²) in [5.74, 6) is 2.80. The van der Waals surface area contributed by atoms with Gasteiger partial charge in [-0.05, 0) is 18.8 Å². The van der Waals surface area contributed by atoms with E-state index in [1.54, 1.807) is 0 Å². The van der Waals surface area contributed by atoms with Gasteiger partial charge in [0.25, 0.3) is 0 Å². The molecule has 1 amide bonds. The molecule has 5 unspecified atom stereocenters. The van der Waals surface area contributed by atoms with Crippen LogP contribution in [-0.2, 0) is 4.79 Å². The van der Waals surface area contributed by atoms with Crippen molar-refractivity contribution in [3.05, 3.63) is 5.83 Å². The normalized spacial score (nSPS) is 36.1. The van der Waals surface area contributed by atoms with Gasteiger partial charge in [-0.15, -0.1) is 0 Å². The van der Waals surface area contributed by atoms with E-state index in [1.165, 1.54) is 0 Å². The molecule has 5 nitrogen and oxygen atoms in total. The number of hydrogen-bond acceptors (Lipinski definition) is 4. The van der Waals surface area contributed by atoms with Crippen molar-refractivity contribution in [2.45, 2.75) is 63.7 Å². The molecule has 128 valence electrons. The predicted octanol–water partition coefficient (Wildman–Crippen LogP) is 1.33. The second-order valence-electron chi connectivity index (χ2n) is 7.14. The van der Waals surface area contributed by atoms with Crippen LogP contribution in [0.3, 0.4) is 0 Å². The largest absolute Gasteiger partial charge is 0.337 e. The van der Waals surface area contributed by atoms with E-state index in [-0.39, 0.29) is 29.9 Å². The minimum absolute atomic E-state index is 0.0808. The van der Waals surface area contributed by atoms with Crippen LogP contribution >= 0.6 is 0 Å². The van der Waals surface area contributed by atoms with Crippen molar-refractivity contribution < 1.29 is 9.18 Å². The summed E-state index contributed by atoms with van der Waals surface area (Å²) in [5.41, 5.74) is 6.42. The number of nitrogens with two attached hydrogens (primary N) is 1. The van der Waals surface area contributed by atoms with Gasteiger partial charge < -0.3 is 10.6 Å². The lowest BCUT2D eigenvalue weighted by molar-refractivity contribution is -0.131. The third-order valence-corrected chi connectivity index (χ3v) is 5.59. The van der Waals surface area contributed by atoms with Gasteiger partial charge in [0, 0.05) is 38.0 Å². The summed E-state index contributed by atoms with van der Waals surface area (Å²) < 4.78 is 14.4. The van der Waals surface area contributed by atoms with Gasteiger partial charge in [0.15, 0.2) is 5.83 Å². The highest BCUT2D eigenvalue weighted by Gasteiger charge is 2.43. The number of hydrogen-bond donors (Lipinski definition) is 1. The molecule has 0 bridgehead atoms. The first-order valence-corrected chi connectivity index (χ1v) is 8.80. The lowest BCUT2D eigenvalue weighted by Gasteiger charge is -2.44. The number of halogens is 1. The van der Waals surface area contributed by atoms with Crippen molar-refractivity contribution in [1.29, 1.82) is 0 Å². The molecule has 3 aliphatic rings. The summed E-state index contributed by atoms with van der Waals surface area (Å²) in [4.78, 5) is 20.1. The Bertz CT molecular complexity index is 531. The number of carbonyl (C=O) groups is 1. The van der Waals surface area contributed by atoms with Crippen LogP contribution < -0.4 is 5.73 Å². The van der Waals surface area contributed by atoms with Gasteiger partial charge in [-0.25, -0.2) is 4.99 Å². The lowest BCUT2D eigenvalue weighted by Crippen LogP contribution is -2.62. The third kappa shape index (κ3) is 3.08. The topological polar surface area (TPSA) is 61.9 Å². The molecule has 2 saturated heterocycles.